The Bertz CT molecular complexity index is 945. The van der Waals surface area contributed by atoms with Gasteiger partial charge < -0.3 is 15.5 Å². The second-order valence-electron chi connectivity index (χ2n) is 7.39. The van der Waals surface area contributed by atoms with E-state index in [-0.39, 0.29) is 6.03 Å². The number of aromatic nitrogens is 4. The molecule has 1 aromatic carbocycles. The van der Waals surface area contributed by atoms with E-state index in [1.807, 2.05) is 37.4 Å². The number of nitrogens with one attached hydrogen (secondary N) is 3. The van der Waals surface area contributed by atoms with Crippen molar-refractivity contribution in [1.82, 2.24) is 25.5 Å². The van der Waals surface area contributed by atoms with Crippen LogP contribution in [0.15, 0.2) is 36.7 Å². The molecule has 3 N–H and O–H groups in total. The van der Waals surface area contributed by atoms with Crippen LogP contribution < -0.4 is 15.5 Å². The predicted molar refractivity (Wildman–Crippen MR) is 114 cm³/mol. The number of rotatable bonds is 5. The van der Waals surface area contributed by atoms with Gasteiger partial charge in [-0.1, -0.05) is 25.7 Å². The van der Waals surface area contributed by atoms with Gasteiger partial charge >= 0.3 is 6.03 Å². The first-order valence-electron chi connectivity index (χ1n) is 10.3. The summed E-state index contributed by atoms with van der Waals surface area (Å²) in [5, 5.41) is 13.5. The molecule has 0 aliphatic heterocycles. The third-order valence-electron chi connectivity index (χ3n) is 5.32. The number of aromatic amines is 1. The van der Waals surface area contributed by atoms with Gasteiger partial charge in [0.2, 0.25) is 5.95 Å². The third-order valence-corrected chi connectivity index (χ3v) is 5.32. The van der Waals surface area contributed by atoms with Crippen molar-refractivity contribution in [3.63, 3.8) is 0 Å². The van der Waals surface area contributed by atoms with Gasteiger partial charge in [0.1, 0.15) is 0 Å². The molecule has 0 unspecified atom stereocenters. The summed E-state index contributed by atoms with van der Waals surface area (Å²) in [7, 11) is 0. The lowest BCUT2D eigenvalue weighted by Gasteiger charge is -2.31. The zero-order chi connectivity index (χ0) is 20.1. The fourth-order valence-corrected chi connectivity index (χ4v) is 3.89. The largest absolute Gasteiger partial charge is 0.338 e. The molecule has 29 heavy (non-hydrogen) atoms. The summed E-state index contributed by atoms with van der Waals surface area (Å²) in [5.74, 6) is 0.679. The first-order valence-corrected chi connectivity index (χ1v) is 10.3. The Hall–Kier alpha value is -3.16. The van der Waals surface area contributed by atoms with Crippen molar-refractivity contribution in [2.75, 3.05) is 16.8 Å². The van der Waals surface area contributed by atoms with Crippen molar-refractivity contribution < 1.29 is 4.79 Å². The highest BCUT2D eigenvalue weighted by atomic mass is 16.2. The lowest BCUT2D eigenvalue weighted by molar-refractivity contribution is 0.252. The number of benzene rings is 1. The molecule has 2 heterocycles. The lowest BCUT2D eigenvalue weighted by atomic mass is 10.1. The minimum Gasteiger partial charge on any atom is -0.338 e. The van der Waals surface area contributed by atoms with E-state index < -0.39 is 0 Å². The van der Waals surface area contributed by atoms with Gasteiger partial charge in [-0.3, -0.25) is 5.10 Å². The Morgan fingerprint density at radius 1 is 1.14 bits per heavy atom. The Morgan fingerprint density at radius 3 is 2.62 bits per heavy atom. The number of hydrogen-bond acceptors (Lipinski definition) is 5. The quantitative estimate of drug-likeness (QED) is 0.560. The smallest absolute Gasteiger partial charge is 0.319 e. The standard InChI is InChI=1S/C21H27N7O/c1-2-22-21(29)25-16-9-11-18(12-10-16)28(17-7-5-3-4-6-8-17)20-23-13-15-14-24-27-19(15)26-20/h9-14,17H,2-8H2,1H3,(H2,22,25,29)(H,23,24,26,27). The molecule has 1 fully saturated rings. The topological polar surface area (TPSA) is 98.8 Å². The molecule has 0 atom stereocenters. The number of fused-ring (bicyclic) bond motifs is 1. The molecule has 1 aliphatic carbocycles. The summed E-state index contributed by atoms with van der Waals surface area (Å²) in [6, 6.07) is 8.03. The third kappa shape index (κ3) is 4.47. The zero-order valence-electron chi connectivity index (χ0n) is 16.7. The number of hydrogen-bond donors (Lipinski definition) is 3. The van der Waals surface area contributed by atoms with Gasteiger partial charge in [0, 0.05) is 30.2 Å². The molecule has 0 saturated heterocycles. The monoisotopic (exact) mass is 393 g/mol. The van der Waals surface area contributed by atoms with E-state index in [0.717, 1.165) is 35.2 Å². The Labute approximate surface area is 170 Å². The van der Waals surface area contributed by atoms with E-state index >= 15 is 0 Å². The van der Waals surface area contributed by atoms with Crippen molar-refractivity contribution >= 4 is 34.4 Å². The average molecular weight is 393 g/mol. The van der Waals surface area contributed by atoms with Gasteiger partial charge in [0.05, 0.1) is 11.6 Å². The van der Waals surface area contributed by atoms with Crippen LogP contribution >= 0.6 is 0 Å². The molecule has 0 radical (unpaired) electrons. The van der Waals surface area contributed by atoms with Crippen molar-refractivity contribution in [3.05, 3.63) is 36.7 Å². The number of amides is 2. The maximum Gasteiger partial charge on any atom is 0.319 e. The maximum absolute atomic E-state index is 11.8. The van der Waals surface area contributed by atoms with Gasteiger partial charge in [0.25, 0.3) is 0 Å². The van der Waals surface area contributed by atoms with Gasteiger partial charge in [-0.25, -0.2) is 9.78 Å². The lowest BCUT2D eigenvalue weighted by Crippen LogP contribution is -2.32. The first-order chi connectivity index (χ1) is 14.2. The zero-order valence-corrected chi connectivity index (χ0v) is 16.7. The van der Waals surface area contributed by atoms with E-state index in [2.05, 4.69) is 30.7 Å². The van der Waals surface area contributed by atoms with Crippen LogP contribution in [0, 0.1) is 0 Å². The van der Waals surface area contributed by atoms with Gasteiger partial charge in [-0.2, -0.15) is 10.1 Å². The van der Waals surface area contributed by atoms with Crippen molar-refractivity contribution in [1.29, 1.82) is 0 Å². The highest BCUT2D eigenvalue weighted by Crippen LogP contribution is 2.32. The number of anilines is 3. The van der Waals surface area contributed by atoms with Crippen LogP contribution in [0.5, 0.6) is 0 Å². The summed E-state index contributed by atoms with van der Waals surface area (Å²) in [4.78, 5) is 23.4. The van der Waals surface area contributed by atoms with Crippen molar-refractivity contribution in [2.45, 2.75) is 51.5 Å². The maximum atomic E-state index is 11.8. The van der Waals surface area contributed by atoms with Crippen LogP contribution in [0.3, 0.4) is 0 Å². The van der Waals surface area contributed by atoms with Crippen LogP contribution in [-0.4, -0.2) is 38.8 Å². The molecule has 1 saturated carbocycles. The van der Waals surface area contributed by atoms with Crippen molar-refractivity contribution in [2.24, 2.45) is 0 Å². The fraction of sp³-hybridized carbons (Fsp3) is 0.429. The molecule has 0 spiro atoms. The van der Waals surface area contributed by atoms with Crippen LogP contribution in [0.1, 0.15) is 45.4 Å². The normalized spacial score (nSPS) is 15.1. The fourth-order valence-electron chi connectivity index (χ4n) is 3.89. The van der Waals surface area contributed by atoms with Crippen LogP contribution in [0.4, 0.5) is 22.1 Å². The number of urea groups is 1. The molecule has 152 valence electrons. The highest BCUT2D eigenvalue weighted by Gasteiger charge is 2.24. The summed E-state index contributed by atoms with van der Waals surface area (Å²) >= 11 is 0. The summed E-state index contributed by atoms with van der Waals surface area (Å²) < 4.78 is 0. The minimum atomic E-state index is -0.200. The Kier molecular flexibility index (Phi) is 5.88. The molecular formula is C21H27N7O. The summed E-state index contributed by atoms with van der Waals surface area (Å²) in [6.45, 7) is 2.48. The molecule has 1 aliphatic rings. The molecular weight excluding hydrogens is 366 g/mol. The van der Waals surface area contributed by atoms with Gasteiger partial charge in [-0.15, -0.1) is 0 Å². The van der Waals surface area contributed by atoms with Gasteiger partial charge in [-0.05, 0) is 44.0 Å². The minimum absolute atomic E-state index is 0.200. The van der Waals surface area contributed by atoms with E-state index in [1.54, 1.807) is 6.20 Å². The first kappa shape index (κ1) is 19.2. The molecule has 2 amide bonds. The molecule has 8 nitrogen and oxygen atoms in total. The summed E-state index contributed by atoms with van der Waals surface area (Å²) in [6.07, 6.45) is 10.8. The summed E-state index contributed by atoms with van der Waals surface area (Å²) in [5.41, 5.74) is 2.52. The average Bonchev–Trinajstić information content (AvgIpc) is 3.03. The number of carbonyl (C=O) groups excluding carboxylic acids is 1. The van der Waals surface area contributed by atoms with Crippen LogP contribution in [-0.2, 0) is 0 Å². The van der Waals surface area contributed by atoms with Crippen LogP contribution in [0.2, 0.25) is 0 Å². The second-order valence-corrected chi connectivity index (χ2v) is 7.39. The SMILES string of the molecule is CCNC(=O)Nc1ccc(N(c2ncc3cn[nH]c3n2)C2CCCCCC2)cc1. The predicted octanol–water partition coefficient (Wildman–Crippen LogP) is 4.36. The van der Waals surface area contributed by atoms with E-state index in [4.69, 9.17) is 4.98 Å². The number of carbonyl (C=O) groups is 1. The van der Waals surface area contributed by atoms with E-state index in [9.17, 15) is 4.79 Å². The molecule has 8 heteroatoms. The Balaban J connectivity index is 1.65. The highest BCUT2D eigenvalue weighted by molar-refractivity contribution is 5.89. The molecule has 3 aromatic rings. The van der Waals surface area contributed by atoms with Crippen LogP contribution in [0.25, 0.3) is 11.0 Å². The number of H-pyrrole nitrogens is 1. The number of nitrogens with zero attached hydrogens (tertiary/aromatic N) is 4. The molecule has 0 bridgehead atoms. The Morgan fingerprint density at radius 2 is 1.90 bits per heavy atom. The van der Waals surface area contributed by atoms with E-state index in [1.165, 1.54) is 25.7 Å². The van der Waals surface area contributed by atoms with Crippen molar-refractivity contribution in [3.8, 4) is 0 Å². The second kappa shape index (κ2) is 8.89. The van der Waals surface area contributed by atoms with Gasteiger partial charge in [0.15, 0.2) is 5.65 Å². The molecule has 2 aromatic heterocycles. The molecule has 4 rings (SSSR count). The van der Waals surface area contributed by atoms with E-state index in [0.29, 0.717) is 18.5 Å².